The van der Waals surface area contributed by atoms with Crippen molar-refractivity contribution in [1.82, 2.24) is 4.57 Å². The summed E-state index contributed by atoms with van der Waals surface area (Å²) in [4.78, 5) is 5.69. The van der Waals surface area contributed by atoms with Crippen LogP contribution in [0.3, 0.4) is 0 Å². The lowest BCUT2D eigenvalue weighted by Gasteiger charge is -2.14. The van der Waals surface area contributed by atoms with E-state index in [1.807, 2.05) is 67.6 Å². The first-order valence-corrected chi connectivity index (χ1v) is 11.1. The highest BCUT2D eigenvalue weighted by Gasteiger charge is 2.18. The van der Waals surface area contributed by atoms with Crippen molar-refractivity contribution >= 4 is 17.3 Å². The Morgan fingerprint density at radius 1 is 0.970 bits per heavy atom. The van der Waals surface area contributed by atoms with Crippen molar-refractivity contribution in [2.75, 3.05) is 6.79 Å². The third-order valence-corrected chi connectivity index (χ3v) is 5.99. The van der Waals surface area contributed by atoms with E-state index in [1.54, 1.807) is 0 Å². The lowest BCUT2D eigenvalue weighted by atomic mass is 10.1. The number of nitrogens with zero attached hydrogens (tertiary/aromatic N) is 2. The van der Waals surface area contributed by atoms with E-state index in [9.17, 15) is 0 Å². The summed E-state index contributed by atoms with van der Waals surface area (Å²) in [5, 5.41) is 5.10. The third-order valence-electron chi connectivity index (χ3n) is 5.67. The van der Waals surface area contributed by atoms with Gasteiger partial charge in [-0.15, -0.1) is 0 Å². The minimum absolute atomic E-state index is 0.252. The van der Waals surface area contributed by atoms with Crippen LogP contribution in [0.1, 0.15) is 23.7 Å². The highest BCUT2D eigenvalue weighted by atomic mass is 35.5. The third kappa shape index (κ3) is 4.20. The molecule has 0 radical (unpaired) electrons. The van der Waals surface area contributed by atoms with Gasteiger partial charge in [0.25, 0.3) is 0 Å². The van der Waals surface area contributed by atoms with Gasteiger partial charge in [-0.25, -0.2) is 0 Å². The zero-order valence-corrected chi connectivity index (χ0v) is 19.2. The van der Waals surface area contributed by atoms with E-state index in [0.29, 0.717) is 11.6 Å². The number of para-hydroxylation sites is 1. The number of aromatic nitrogens is 1. The molecule has 0 spiro atoms. The molecule has 0 amide bonds. The number of ether oxygens (including phenoxy) is 2. The molecule has 3 aromatic carbocycles. The molecular formula is C27H23ClN2O3. The quantitative estimate of drug-likeness (QED) is 0.236. The average molecular weight is 459 g/mol. The predicted molar refractivity (Wildman–Crippen MR) is 131 cm³/mol. The van der Waals surface area contributed by atoms with E-state index in [4.69, 9.17) is 25.9 Å². The molecule has 0 unspecified atom stereocenters. The summed E-state index contributed by atoms with van der Waals surface area (Å²) in [6.45, 7) is 4.61. The van der Waals surface area contributed by atoms with Crippen molar-refractivity contribution in [3.8, 4) is 28.4 Å². The lowest BCUT2D eigenvalue weighted by Crippen LogP contribution is -2.03. The van der Waals surface area contributed by atoms with Crippen LogP contribution in [-0.4, -0.2) is 17.1 Å². The Balaban J connectivity index is 1.47. The van der Waals surface area contributed by atoms with E-state index < -0.39 is 0 Å². The van der Waals surface area contributed by atoms with Crippen LogP contribution in [0.15, 0.2) is 84.0 Å². The summed E-state index contributed by atoms with van der Waals surface area (Å²) in [5.74, 6) is 1.49. The molecule has 0 N–H and O–H groups in total. The molecule has 0 atom stereocenters. The summed E-state index contributed by atoms with van der Waals surface area (Å²) < 4.78 is 13.0. The molecular weight excluding hydrogens is 436 g/mol. The maximum atomic E-state index is 6.58. The van der Waals surface area contributed by atoms with Crippen LogP contribution in [0.4, 0.5) is 0 Å². The molecule has 5 rings (SSSR count). The number of benzene rings is 3. The van der Waals surface area contributed by atoms with Gasteiger partial charge in [0.05, 0.1) is 22.1 Å². The standard InChI is InChI=1S/C27H23ClN2O3/c1-18(29-33-16-20-12-13-26-27(14-20)32-17-31-26)22-15-25(21-8-4-3-5-9-21)30(19(22)2)24-11-7-6-10-23(24)28/h3-15H,16-17H2,1-2H3/b29-18-. The molecule has 33 heavy (non-hydrogen) atoms. The van der Waals surface area contributed by atoms with Gasteiger partial charge in [0.15, 0.2) is 11.5 Å². The Morgan fingerprint density at radius 2 is 1.73 bits per heavy atom. The van der Waals surface area contributed by atoms with Gasteiger partial charge in [-0.2, -0.15) is 0 Å². The number of halogens is 1. The molecule has 1 aliphatic rings. The van der Waals surface area contributed by atoms with Gasteiger partial charge < -0.3 is 18.9 Å². The predicted octanol–water partition coefficient (Wildman–Crippen LogP) is 6.78. The van der Waals surface area contributed by atoms with Crippen LogP contribution >= 0.6 is 11.6 Å². The minimum atomic E-state index is 0.252. The van der Waals surface area contributed by atoms with Gasteiger partial charge in [-0.1, -0.05) is 65.3 Å². The normalized spacial score (nSPS) is 12.8. The molecule has 0 saturated heterocycles. The Morgan fingerprint density at radius 3 is 2.55 bits per heavy atom. The molecule has 0 saturated carbocycles. The van der Waals surface area contributed by atoms with Crippen LogP contribution < -0.4 is 9.47 Å². The molecule has 1 aromatic heterocycles. The molecule has 0 bridgehead atoms. The first kappa shape index (κ1) is 21.2. The molecule has 166 valence electrons. The van der Waals surface area contributed by atoms with Crippen LogP contribution in [-0.2, 0) is 11.4 Å². The molecule has 5 nitrogen and oxygen atoms in total. The SMILES string of the molecule is C/C(=N/OCc1ccc2c(c1)OCO2)c1cc(-c2ccccc2)n(-c2ccccc2Cl)c1C. The van der Waals surface area contributed by atoms with E-state index in [0.717, 1.165) is 51.0 Å². The number of hydrogen-bond donors (Lipinski definition) is 0. The fraction of sp³-hybridized carbons (Fsp3) is 0.148. The fourth-order valence-electron chi connectivity index (χ4n) is 4.02. The molecule has 0 fully saturated rings. The second-order valence-corrected chi connectivity index (χ2v) is 8.23. The Hall–Kier alpha value is -3.70. The number of hydrogen-bond acceptors (Lipinski definition) is 4. The second-order valence-electron chi connectivity index (χ2n) is 7.82. The molecule has 6 heteroatoms. The summed E-state index contributed by atoms with van der Waals surface area (Å²) in [6, 6.07) is 26.0. The maximum absolute atomic E-state index is 6.58. The van der Waals surface area contributed by atoms with Crippen molar-refractivity contribution in [3.05, 3.63) is 101 Å². The van der Waals surface area contributed by atoms with Crippen LogP contribution in [0, 0.1) is 6.92 Å². The Labute approximate surface area is 197 Å². The van der Waals surface area contributed by atoms with Crippen molar-refractivity contribution in [2.45, 2.75) is 20.5 Å². The van der Waals surface area contributed by atoms with Gasteiger partial charge in [-0.05, 0) is 55.3 Å². The molecule has 4 aromatic rings. The topological polar surface area (TPSA) is 45.0 Å². The van der Waals surface area contributed by atoms with Gasteiger partial charge in [-0.3, -0.25) is 0 Å². The van der Waals surface area contributed by atoms with Crippen LogP contribution in [0.5, 0.6) is 11.5 Å². The van der Waals surface area contributed by atoms with E-state index >= 15 is 0 Å². The van der Waals surface area contributed by atoms with E-state index in [-0.39, 0.29) is 6.79 Å². The van der Waals surface area contributed by atoms with E-state index in [1.165, 1.54) is 0 Å². The fourth-order valence-corrected chi connectivity index (χ4v) is 4.24. The van der Waals surface area contributed by atoms with Gasteiger partial charge in [0, 0.05) is 11.3 Å². The highest BCUT2D eigenvalue weighted by molar-refractivity contribution is 6.32. The average Bonchev–Trinajstić information content (AvgIpc) is 3.44. The zero-order chi connectivity index (χ0) is 22.8. The van der Waals surface area contributed by atoms with Crippen molar-refractivity contribution < 1.29 is 14.3 Å². The summed E-state index contributed by atoms with van der Waals surface area (Å²) >= 11 is 6.58. The molecule has 2 heterocycles. The van der Waals surface area contributed by atoms with Gasteiger partial charge in [0.1, 0.15) is 6.61 Å². The van der Waals surface area contributed by atoms with Gasteiger partial charge >= 0.3 is 0 Å². The summed E-state index contributed by atoms with van der Waals surface area (Å²) in [7, 11) is 0. The maximum Gasteiger partial charge on any atom is 0.231 e. The zero-order valence-electron chi connectivity index (χ0n) is 18.4. The van der Waals surface area contributed by atoms with E-state index in [2.05, 4.69) is 34.8 Å². The summed E-state index contributed by atoms with van der Waals surface area (Å²) in [6.07, 6.45) is 0. The van der Waals surface area contributed by atoms with Crippen molar-refractivity contribution in [1.29, 1.82) is 0 Å². The monoisotopic (exact) mass is 458 g/mol. The Kier molecular flexibility index (Phi) is 5.80. The van der Waals surface area contributed by atoms with Crippen LogP contribution in [0.25, 0.3) is 16.9 Å². The smallest absolute Gasteiger partial charge is 0.231 e. The number of oxime groups is 1. The lowest BCUT2D eigenvalue weighted by molar-refractivity contribution is 0.130. The summed E-state index contributed by atoms with van der Waals surface area (Å²) in [5.41, 5.74) is 6.86. The Bertz CT molecular complexity index is 1330. The second kappa shape index (κ2) is 9.04. The van der Waals surface area contributed by atoms with Crippen LogP contribution in [0.2, 0.25) is 5.02 Å². The highest BCUT2D eigenvalue weighted by Crippen LogP contribution is 2.34. The van der Waals surface area contributed by atoms with Crippen molar-refractivity contribution in [3.63, 3.8) is 0 Å². The van der Waals surface area contributed by atoms with Gasteiger partial charge in [0.2, 0.25) is 6.79 Å². The largest absolute Gasteiger partial charge is 0.454 e. The number of fused-ring (bicyclic) bond motifs is 1. The first-order chi connectivity index (χ1) is 16.1. The van der Waals surface area contributed by atoms with Crippen molar-refractivity contribution in [2.24, 2.45) is 5.16 Å². The molecule has 1 aliphatic heterocycles. The number of rotatable bonds is 6. The minimum Gasteiger partial charge on any atom is -0.454 e. The first-order valence-electron chi connectivity index (χ1n) is 10.7. The molecule has 0 aliphatic carbocycles.